The molecule has 1 aromatic rings. The summed E-state index contributed by atoms with van der Waals surface area (Å²) in [6.07, 6.45) is 3.19. The molecule has 1 atom stereocenters. The van der Waals surface area contributed by atoms with Gasteiger partial charge in [-0.15, -0.1) is 0 Å². The van der Waals surface area contributed by atoms with Crippen molar-refractivity contribution < 1.29 is 14.3 Å². The van der Waals surface area contributed by atoms with Crippen molar-refractivity contribution in [3.05, 3.63) is 29.3 Å². The lowest BCUT2D eigenvalue weighted by molar-refractivity contribution is -0.158. The van der Waals surface area contributed by atoms with Crippen LogP contribution in [0.25, 0.3) is 0 Å². The van der Waals surface area contributed by atoms with Crippen molar-refractivity contribution >= 4 is 5.97 Å². The molecular weight excluding hydrogens is 254 g/mol. The van der Waals surface area contributed by atoms with Gasteiger partial charge in [0, 0.05) is 6.04 Å². The van der Waals surface area contributed by atoms with Crippen molar-refractivity contribution in [1.82, 2.24) is 0 Å². The molecule has 110 valence electrons. The van der Waals surface area contributed by atoms with E-state index in [1.165, 1.54) is 5.56 Å². The average Bonchev–Trinajstić information content (AvgIpc) is 2.39. The molecule has 1 aromatic carbocycles. The van der Waals surface area contributed by atoms with E-state index in [0.29, 0.717) is 12.4 Å². The van der Waals surface area contributed by atoms with Gasteiger partial charge in [-0.05, 0) is 63.3 Å². The normalized spacial score (nSPS) is 18.3. The maximum Gasteiger partial charge on any atom is 0.349 e. The van der Waals surface area contributed by atoms with Crippen LogP contribution in [0.15, 0.2) is 18.2 Å². The molecule has 0 heterocycles. The first kappa shape index (κ1) is 14.9. The lowest BCUT2D eigenvalue weighted by Gasteiger charge is -2.27. The molecule has 0 amide bonds. The van der Waals surface area contributed by atoms with Crippen LogP contribution in [-0.2, 0) is 16.0 Å². The molecule has 2 rings (SSSR count). The van der Waals surface area contributed by atoms with Gasteiger partial charge in [0.1, 0.15) is 5.75 Å². The topological polar surface area (TPSA) is 61.5 Å². The van der Waals surface area contributed by atoms with Gasteiger partial charge >= 0.3 is 5.97 Å². The van der Waals surface area contributed by atoms with E-state index in [2.05, 4.69) is 0 Å². The molecule has 0 aromatic heterocycles. The number of benzene rings is 1. The Morgan fingerprint density at radius 2 is 2.20 bits per heavy atom. The lowest BCUT2D eigenvalue weighted by atomic mass is 9.88. The quantitative estimate of drug-likeness (QED) is 0.860. The Morgan fingerprint density at radius 3 is 2.90 bits per heavy atom. The van der Waals surface area contributed by atoms with Crippen LogP contribution in [0, 0.1) is 0 Å². The van der Waals surface area contributed by atoms with Gasteiger partial charge in [0.2, 0.25) is 0 Å². The SMILES string of the molecule is CCOC(=O)C(C)(C)Oc1ccc2c(c1)C(N)CCC2. The van der Waals surface area contributed by atoms with Gasteiger partial charge in [0.25, 0.3) is 0 Å². The van der Waals surface area contributed by atoms with Gasteiger partial charge in [0.15, 0.2) is 5.60 Å². The summed E-state index contributed by atoms with van der Waals surface area (Å²) in [7, 11) is 0. The van der Waals surface area contributed by atoms with Crippen LogP contribution in [0.5, 0.6) is 5.75 Å². The number of aryl methyl sites for hydroxylation is 1. The molecule has 0 saturated carbocycles. The van der Waals surface area contributed by atoms with Gasteiger partial charge in [-0.3, -0.25) is 0 Å². The predicted molar refractivity (Wildman–Crippen MR) is 77.6 cm³/mol. The molecule has 0 spiro atoms. The number of carbonyl (C=O) groups is 1. The van der Waals surface area contributed by atoms with Crippen molar-refractivity contribution in [2.45, 2.75) is 51.7 Å². The summed E-state index contributed by atoms with van der Waals surface area (Å²) in [6, 6.07) is 5.97. The molecule has 0 fully saturated rings. The molecule has 0 saturated heterocycles. The fourth-order valence-electron chi connectivity index (χ4n) is 2.52. The number of esters is 1. The van der Waals surface area contributed by atoms with Gasteiger partial charge in [-0.1, -0.05) is 6.07 Å². The van der Waals surface area contributed by atoms with Crippen molar-refractivity contribution in [2.24, 2.45) is 5.73 Å². The third-order valence-electron chi connectivity index (χ3n) is 3.62. The monoisotopic (exact) mass is 277 g/mol. The third kappa shape index (κ3) is 3.12. The molecule has 20 heavy (non-hydrogen) atoms. The fourth-order valence-corrected chi connectivity index (χ4v) is 2.52. The first-order valence-electron chi connectivity index (χ1n) is 7.18. The number of ether oxygens (including phenoxy) is 2. The van der Waals surface area contributed by atoms with Gasteiger partial charge < -0.3 is 15.2 Å². The highest BCUT2D eigenvalue weighted by molar-refractivity contribution is 5.79. The maximum absolute atomic E-state index is 11.9. The highest BCUT2D eigenvalue weighted by Crippen LogP contribution is 2.32. The predicted octanol–water partition coefficient (Wildman–Crippen LogP) is 2.74. The second-order valence-corrected chi connectivity index (χ2v) is 5.69. The minimum absolute atomic E-state index is 0.0630. The van der Waals surface area contributed by atoms with E-state index in [1.807, 2.05) is 18.2 Å². The van der Waals surface area contributed by atoms with Crippen LogP contribution in [0.3, 0.4) is 0 Å². The van der Waals surface area contributed by atoms with Crippen molar-refractivity contribution in [3.8, 4) is 5.75 Å². The molecule has 4 heteroatoms. The minimum atomic E-state index is -0.997. The van der Waals surface area contributed by atoms with Crippen LogP contribution in [0.2, 0.25) is 0 Å². The molecule has 1 aliphatic rings. The lowest BCUT2D eigenvalue weighted by Crippen LogP contribution is -2.39. The Hall–Kier alpha value is -1.55. The maximum atomic E-state index is 11.9. The van der Waals surface area contributed by atoms with E-state index in [-0.39, 0.29) is 12.0 Å². The zero-order valence-electron chi connectivity index (χ0n) is 12.4. The second-order valence-electron chi connectivity index (χ2n) is 5.69. The van der Waals surface area contributed by atoms with Crippen LogP contribution >= 0.6 is 0 Å². The molecule has 2 N–H and O–H groups in total. The number of rotatable bonds is 4. The molecule has 1 unspecified atom stereocenters. The summed E-state index contributed by atoms with van der Waals surface area (Å²) in [4.78, 5) is 11.9. The standard InChI is InChI=1S/C16H23NO3/c1-4-19-15(18)16(2,3)20-12-9-8-11-6-5-7-14(17)13(11)10-12/h8-10,14H,4-7,17H2,1-3H3. The van der Waals surface area contributed by atoms with E-state index in [4.69, 9.17) is 15.2 Å². The number of nitrogens with two attached hydrogens (primary N) is 1. The van der Waals surface area contributed by atoms with Gasteiger partial charge in [-0.25, -0.2) is 4.79 Å². The minimum Gasteiger partial charge on any atom is -0.476 e. The first-order valence-corrected chi connectivity index (χ1v) is 7.18. The zero-order chi connectivity index (χ0) is 14.8. The van der Waals surface area contributed by atoms with E-state index < -0.39 is 5.60 Å². The van der Waals surface area contributed by atoms with Crippen molar-refractivity contribution in [1.29, 1.82) is 0 Å². The molecule has 4 nitrogen and oxygen atoms in total. The van der Waals surface area contributed by atoms with Crippen LogP contribution in [0.4, 0.5) is 0 Å². The summed E-state index contributed by atoms with van der Waals surface area (Å²) in [5.74, 6) is 0.307. The molecule has 1 aliphatic carbocycles. The first-order chi connectivity index (χ1) is 9.44. The van der Waals surface area contributed by atoms with Crippen molar-refractivity contribution in [2.75, 3.05) is 6.61 Å². The Bertz CT molecular complexity index is 496. The number of hydrogen-bond donors (Lipinski definition) is 1. The Kier molecular flexibility index (Phi) is 4.33. The summed E-state index contributed by atoms with van der Waals surface area (Å²) in [5, 5.41) is 0. The summed E-state index contributed by atoms with van der Waals surface area (Å²) in [6.45, 7) is 5.56. The highest BCUT2D eigenvalue weighted by atomic mass is 16.6. The smallest absolute Gasteiger partial charge is 0.349 e. The van der Waals surface area contributed by atoms with Crippen molar-refractivity contribution in [3.63, 3.8) is 0 Å². The summed E-state index contributed by atoms with van der Waals surface area (Å²) in [5.41, 5.74) is 7.56. The third-order valence-corrected chi connectivity index (χ3v) is 3.62. The van der Waals surface area contributed by atoms with E-state index in [1.54, 1.807) is 20.8 Å². The average molecular weight is 277 g/mol. The van der Waals surface area contributed by atoms with E-state index in [0.717, 1.165) is 24.8 Å². The molecule has 0 radical (unpaired) electrons. The van der Waals surface area contributed by atoms with Gasteiger partial charge in [-0.2, -0.15) is 0 Å². The van der Waals surface area contributed by atoms with Gasteiger partial charge in [0.05, 0.1) is 6.61 Å². The summed E-state index contributed by atoms with van der Waals surface area (Å²) < 4.78 is 10.8. The van der Waals surface area contributed by atoms with E-state index in [9.17, 15) is 4.79 Å². The Morgan fingerprint density at radius 1 is 1.45 bits per heavy atom. The zero-order valence-corrected chi connectivity index (χ0v) is 12.4. The van der Waals surface area contributed by atoms with E-state index >= 15 is 0 Å². The molecule has 0 aliphatic heterocycles. The molecule has 0 bridgehead atoms. The second kappa shape index (κ2) is 5.83. The molecular formula is C16H23NO3. The number of hydrogen-bond acceptors (Lipinski definition) is 4. The summed E-state index contributed by atoms with van der Waals surface area (Å²) >= 11 is 0. The Balaban J connectivity index is 2.18. The van der Waals surface area contributed by atoms with Crippen LogP contribution in [0.1, 0.15) is 50.8 Å². The number of fused-ring (bicyclic) bond motifs is 1. The van der Waals surface area contributed by atoms with Crippen LogP contribution < -0.4 is 10.5 Å². The number of carbonyl (C=O) groups excluding carboxylic acids is 1. The fraction of sp³-hybridized carbons (Fsp3) is 0.562. The largest absolute Gasteiger partial charge is 0.476 e. The van der Waals surface area contributed by atoms with Crippen LogP contribution in [-0.4, -0.2) is 18.2 Å². The Labute approximate surface area is 120 Å². The highest BCUT2D eigenvalue weighted by Gasteiger charge is 2.32.